The van der Waals surface area contributed by atoms with E-state index in [9.17, 15) is 17.6 Å². The lowest BCUT2D eigenvalue weighted by Crippen LogP contribution is -2.50. The molecular weight excluding hydrogens is 371 g/mol. The maximum absolute atomic E-state index is 13.7. The summed E-state index contributed by atoms with van der Waals surface area (Å²) in [4.78, 5) is 14.6. The molecule has 0 aromatic heterocycles. The Kier molecular flexibility index (Phi) is 4.42. The van der Waals surface area contributed by atoms with Gasteiger partial charge >= 0.3 is 0 Å². The molecule has 1 N–H and O–H groups in total. The van der Waals surface area contributed by atoms with Crippen molar-refractivity contribution in [2.75, 3.05) is 15.9 Å². The molecule has 0 atom stereocenters. The highest BCUT2D eigenvalue weighted by atomic mass is 32.2. The number of halogens is 1. The molecule has 1 aliphatic heterocycles. The van der Waals surface area contributed by atoms with Crippen LogP contribution in [0, 0.1) is 19.7 Å². The summed E-state index contributed by atoms with van der Waals surface area (Å²) in [5.74, 6) is -0.311. The summed E-state index contributed by atoms with van der Waals surface area (Å²) in [6.45, 7) is 6.74. The van der Waals surface area contributed by atoms with Crippen LogP contribution >= 0.6 is 0 Å². The van der Waals surface area contributed by atoms with Crippen LogP contribution in [0.1, 0.15) is 25.0 Å². The second-order valence-corrected chi connectivity index (χ2v) is 8.95. The minimum atomic E-state index is -3.45. The van der Waals surface area contributed by atoms with Gasteiger partial charge in [0.05, 0.1) is 23.3 Å². The number of carbonyl (C=O) groups excluding carboxylic acids is 1. The highest BCUT2D eigenvalue weighted by Gasteiger charge is 2.42. The molecule has 1 aliphatic rings. The van der Waals surface area contributed by atoms with Crippen LogP contribution in [-0.2, 0) is 14.8 Å². The smallest absolute Gasteiger partial charge is 0.275 e. The number of aryl methyl sites for hydroxylation is 2. The Morgan fingerprint density at radius 2 is 1.70 bits per heavy atom. The van der Waals surface area contributed by atoms with E-state index < -0.39 is 15.6 Å². The molecule has 0 aliphatic carbocycles. The number of benzene rings is 2. The largest absolute Gasteiger partial charge is 0.476 e. The quantitative estimate of drug-likeness (QED) is 0.865. The highest BCUT2D eigenvalue weighted by Crippen LogP contribution is 2.45. The minimum Gasteiger partial charge on any atom is -0.476 e. The second-order valence-electron chi connectivity index (χ2n) is 7.20. The third-order valence-electron chi connectivity index (χ3n) is 4.27. The maximum atomic E-state index is 13.7. The Labute approximate surface area is 158 Å². The van der Waals surface area contributed by atoms with Crippen LogP contribution < -0.4 is 14.4 Å². The summed E-state index contributed by atoms with van der Waals surface area (Å²) < 4.78 is 45.0. The van der Waals surface area contributed by atoms with Gasteiger partial charge in [0.25, 0.3) is 5.91 Å². The van der Waals surface area contributed by atoms with Crippen LogP contribution in [0.3, 0.4) is 0 Å². The van der Waals surface area contributed by atoms with Crippen molar-refractivity contribution in [3.8, 4) is 5.75 Å². The third kappa shape index (κ3) is 3.62. The van der Waals surface area contributed by atoms with Gasteiger partial charge in [-0.3, -0.25) is 14.4 Å². The van der Waals surface area contributed by atoms with Crippen molar-refractivity contribution in [1.29, 1.82) is 0 Å². The molecule has 1 heterocycles. The van der Waals surface area contributed by atoms with Crippen molar-refractivity contribution in [2.45, 2.75) is 33.3 Å². The summed E-state index contributed by atoms with van der Waals surface area (Å²) >= 11 is 0. The molecule has 0 bridgehead atoms. The zero-order chi connectivity index (χ0) is 20.1. The van der Waals surface area contributed by atoms with E-state index in [1.54, 1.807) is 39.8 Å². The fourth-order valence-corrected chi connectivity index (χ4v) is 3.79. The first-order valence-electron chi connectivity index (χ1n) is 8.31. The number of rotatable bonds is 3. The van der Waals surface area contributed by atoms with E-state index in [2.05, 4.69) is 4.72 Å². The van der Waals surface area contributed by atoms with E-state index >= 15 is 0 Å². The molecule has 0 radical (unpaired) electrons. The summed E-state index contributed by atoms with van der Waals surface area (Å²) in [5.41, 5.74) is 1.43. The number of ether oxygens (including phenoxy) is 1. The summed E-state index contributed by atoms with van der Waals surface area (Å²) in [6, 6.07) is 7.44. The van der Waals surface area contributed by atoms with Gasteiger partial charge in [-0.25, -0.2) is 12.8 Å². The number of hydrogen-bond donors (Lipinski definition) is 1. The standard InChI is InChI=1S/C19H21FN2O4S/c1-11-8-13(20)9-12(2)17(11)22-15-7-6-14(21-27(5,24)25)10-16(15)26-19(3,4)18(22)23/h6-10,21H,1-5H3. The molecule has 0 saturated heterocycles. The van der Waals surface area contributed by atoms with Gasteiger partial charge in [-0.1, -0.05) is 0 Å². The Bertz CT molecular complexity index is 1020. The molecule has 0 unspecified atom stereocenters. The van der Waals surface area contributed by atoms with Gasteiger partial charge in [0.1, 0.15) is 11.6 Å². The zero-order valence-corrected chi connectivity index (χ0v) is 16.6. The van der Waals surface area contributed by atoms with Crippen molar-refractivity contribution in [3.05, 3.63) is 47.3 Å². The monoisotopic (exact) mass is 392 g/mol. The van der Waals surface area contributed by atoms with Gasteiger partial charge < -0.3 is 4.74 Å². The van der Waals surface area contributed by atoms with Gasteiger partial charge in [0.15, 0.2) is 5.60 Å². The lowest BCUT2D eigenvalue weighted by molar-refractivity contribution is -0.131. The molecule has 0 spiro atoms. The molecule has 6 nitrogen and oxygen atoms in total. The number of anilines is 3. The number of hydrogen-bond acceptors (Lipinski definition) is 4. The Morgan fingerprint density at radius 1 is 1.11 bits per heavy atom. The SMILES string of the molecule is Cc1cc(F)cc(C)c1N1C(=O)C(C)(C)Oc2cc(NS(C)(=O)=O)ccc21. The van der Waals surface area contributed by atoms with E-state index in [0.717, 1.165) is 6.26 Å². The summed E-state index contributed by atoms with van der Waals surface area (Å²) in [6.07, 6.45) is 1.05. The molecule has 0 saturated carbocycles. The third-order valence-corrected chi connectivity index (χ3v) is 4.87. The average molecular weight is 392 g/mol. The van der Waals surface area contributed by atoms with Crippen molar-refractivity contribution in [2.24, 2.45) is 0 Å². The van der Waals surface area contributed by atoms with Gasteiger partial charge in [-0.05, 0) is 63.1 Å². The number of nitrogens with one attached hydrogen (secondary N) is 1. The topological polar surface area (TPSA) is 75.7 Å². The number of sulfonamides is 1. The second kappa shape index (κ2) is 6.23. The van der Waals surface area contributed by atoms with E-state index in [0.29, 0.717) is 33.9 Å². The predicted molar refractivity (Wildman–Crippen MR) is 103 cm³/mol. The van der Waals surface area contributed by atoms with Gasteiger partial charge in [-0.15, -0.1) is 0 Å². The first-order chi connectivity index (χ1) is 12.4. The van der Waals surface area contributed by atoms with E-state index in [1.807, 2.05) is 0 Å². The molecule has 2 aromatic rings. The predicted octanol–water partition coefficient (Wildman–Crippen LogP) is 3.65. The number of fused-ring (bicyclic) bond motifs is 1. The normalized spacial score (nSPS) is 15.9. The molecule has 144 valence electrons. The van der Waals surface area contributed by atoms with Crippen LogP contribution in [-0.4, -0.2) is 26.2 Å². The zero-order valence-electron chi connectivity index (χ0n) is 15.8. The molecule has 8 heteroatoms. The van der Waals surface area contributed by atoms with Gasteiger partial charge in [-0.2, -0.15) is 0 Å². The molecule has 1 amide bonds. The van der Waals surface area contributed by atoms with Gasteiger partial charge in [0, 0.05) is 6.07 Å². The van der Waals surface area contributed by atoms with Crippen molar-refractivity contribution < 1.29 is 22.3 Å². The van der Waals surface area contributed by atoms with Crippen LogP contribution in [0.4, 0.5) is 21.5 Å². The molecule has 0 fully saturated rings. The first-order valence-corrected chi connectivity index (χ1v) is 10.2. The van der Waals surface area contributed by atoms with Crippen LogP contribution in [0.5, 0.6) is 5.75 Å². The van der Waals surface area contributed by atoms with Crippen molar-refractivity contribution >= 4 is 33.0 Å². The lowest BCUT2D eigenvalue weighted by atomic mass is 9.99. The van der Waals surface area contributed by atoms with E-state index in [4.69, 9.17) is 4.74 Å². The Morgan fingerprint density at radius 3 is 2.26 bits per heavy atom. The van der Waals surface area contributed by atoms with Crippen LogP contribution in [0.15, 0.2) is 30.3 Å². The van der Waals surface area contributed by atoms with Crippen molar-refractivity contribution in [3.63, 3.8) is 0 Å². The molecule has 27 heavy (non-hydrogen) atoms. The van der Waals surface area contributed by atoms with E-state index in [-0.39, 0.29) is 11.7 Å². The molecule has 3 rings (SSSR count). The summed E-state index contributed by atoms with van der Waals surface area (Å²) in [5, 5.41) is 0. The first kappa shape index (κ1) is 19.2. The van der Waals surface area contributed by atoms with Crippen LogP contribution in [0.25, 0.3) is 0 Å². The minimum absolute atomic E-state index is 0.295. The maximum Gasteiger partial charge on any atom is 0.275 e. The molecule has 2 aromatic carbocycles. The van der Waals surface area contributed by atoms with Gasteiger partial charge in [0.2, 0.25) is 10.0 Å². The number of carbonyl (C=O) groups is 1. The van der Waals surface area contributed by atoms with Crippen LogP contribution in [0.2, 0.25) is 0 Å². The fourth-order valence-electron chi connectivity index (χ4n) is 3.23. The Balaban J connectivity index is 2.21. The average Bonchev–Trinajstić information content (AvgIpc) is 2.48. The number of amides is 1. The van der Waals surface area contributed by atoms with E-state index in [1.165, 1.54) is 23.1 Å². The number of nitrogens with zero attached hydrogens (tertiary/aromatic N) is 1. The molecular formula is C19H21FN2O4S. The summed E-state index contributed by atoms with van der Waals surface area (Å²) in [7, 11) is -3.45. The lowest BCUT2D eigenvalue weighted by Gasteiger charge is -2.40. The highest BCUT2D eigenvalue weighted by molar-refractivity contribution is 7.92. The van der Waals surface area contributed by atoms with Crippen molar-refractivity contribution in [1.82, 2.24) is 0 Å². The Hall–Kier alpha value is -2.61. The fraction of sp³-hybridized carbons (Fsp3) is 0.316.